The first-order valence-corrected chi connectivity index (χ1v) is 12.5. The van der Waals surface area contributed by atoms with Gasteiger partial charge in [-0.3, -0.25) is 14.5 Å². The normalized spacial score (nSPS) is 12.6. The average molecular weight is 533 g/mol. The number of H-pyrrole nitrogens is 1. The van der Waals surface area contributed by atoms with E-state index in [4.69, 9.17) is 10.5 Å². The number of hydrogen-bond acceptors (Lipinski definition) is 8. The highest BCUT2D eigenvalue weighted by molar-refractivity contribution is 6.00. The Labute approximate surface area is 224 Å². The van der Waals surface area contributed by atoms with Crippen molar-refractivity contribution in [3.63, 3.8) is 0 Å². The first-order valence-electron chi connectivity index (χ1n) is 12.5. The molecule has 0 spiro atoms. The minimum absolute atomic E-state index is 0.0214. The molecule has 0 radical (unpaired) electrons. The Kier molecular flexibility index (Phi) is 7.03. The van der Waals surface area contributed by atoms with Crippen molar-refractivity contribution in [1.29, 1.82) is 0 Å². The molecule has 0 unspecified atom stereocenters. The molecular weight excluding hydrogens is 503 g/mol. The van der Waals surface area contributed by atoms with Crippen LogP contribution in [0.3, 0.4) is 0 Å². The number of benzene rings is 2. The zero-order valence-corrected chi connectivity index (χ0v) is 21.8. The Morgan fingerprint density at radius 1 is 1.23 bits per heavy atom. The summed E-state index contributed by atoms with van der Waals surface area (Å²) in [4.78, 5) is 40.7. The first-order chi connectivity index (χ1) is 18.8. The van der Waals surface area contributed by atoms with Gasteiger partial charge in [0.1, 0.15) is 23.2 Å². The number of carbonyl (C=O) groups is 2. The van der Waals surface area contributed by atoms with Crippen LogP contribution in [0.15, 0.2) is 42.6 Å². The summed E-state index contributed by atoms with van der Waals surface area (Å²) in [7, 11) is 3.48. The fourth-order valence-corrected chi connectivity index (χ4v) is 4.59. The van der Waals surface area contributed by atoms with Gasteiger partial charge in [0.25, 0.3) is 5.91 Å². The molecule has 3 aliphatic rings. The van der Waals surface area contributed by atoms with Crippen LogP contribution in [-0.2, 0) is 11.2 Å². The molecule has 12 heteroatoms. The van der Waals surface area contributed by atoms with Gasteiger partial charge < -0.3 is 31.0 Å². The van der Waals surface area contributed by atoms with Crippen LogP contribution in [0.5, 0.6) is 5.75 Å². The third-order valence-electron chi connectivity index (χ3n) is 6.72. The number of nitrogens with zero attached hydrogens (tertiary/aromatic N) is 4. The summed E-state index contributed by atoms with van der Waals surface area (Å²) in [6, 6.07) is 9.70. The standard InChI is InChI=1S/C27H29FN8O3/c1-4-35(2)14-22(37)36-11-9-15-12-21(39-3)19(13-20(15)36)32-27-33-25-16(8-10-30-25)26(34-27)31-18-7-5-6-17(28)23(18)24(29)38/h5-8,10,12-13H,4,9,11,14H2,1-3H3,(H2,29,38)(H3,30,31,32,33,34). The van der Waals surface area contributed by atoms with E-state index in [1.807, 2.05) is 31.0 Å². The molecule has 39 heavy (non-hydrogen) atoms. The average Bonchev–Trinajstić information content (AvgIpc) is 3.55. The second kappa shape index (κ2) is 10.6. The number of aromatic nitrogens is 3. The maximum atomic E-state index is 14.4. The van der Waals surface area contributed by atoms with Crippen molar-refractivity contribution in [2.45, 2.75) is 13.3 Å². The molecule has 0 aliphatic carbocycles. The van der Waals surface area contributed by atoms with Gasteiger partial charge in [0.15, 0.2) is 0 Å². The second-order valence-corrected chi connectivity index (χ2v) is 9.22. The molecule has 2 amide bonds. The lowest BCUT2D eigenvalue weighted by Gasteiger charge is -2.22. The van der Waals surface area contributed by atoms with Crippen molar-refractivity contribution in [3.8, 4) is 17.1 Å². The molecule has 0 bridgehead atoms. The van der Waals surface area contributed by atoms with E-state index in [9.17, 15) is 14.0 Å². The number of nitrogens with two attached hydrogens (primary N) is 1. The molecule has 0 atom stereocenters. The molecule has 0 aromatic heterocycles. The van der Waals surface area contributed by atoms with E-state index >= 15 is 0 Å². The highest BCUT2D eigenvalue weighted by Gasteiger charge is 2.27. The van der Waals surface area contributed by atoms with Crippen molar-refractivity contribution in [3.05, 3.63) is 59.5 Å². The quantitative estimate of drug-likeness (QED) is 0.257. The number of aromatic amines is 1. The number of methoxy groups -OCH3 is 1. The van der Waals surface area contributed by atoms with Gasteiger partial charge in [-0.15, -0.1) is 0 Å². The Bertz CT molecular complexity index is 1520. The fourth-order valence-electron chi connectivity index (χ4n) is 4.59. The molecule has 3 heterocycles. The molecule has 202 valence electrons. The van der Waals surface area contributed by atoms with Gasteiger partial charge in [-0.2, -0.15) is 4.98 Å². The number of rotatable bonds is 9. The Hall–Kier alpha value is -4.71. The minimum atomic E-state index is -0.902. The number of hydrogen-bond donors (Lipinski definition) is 4. The Morgan fingerprint density at radius 3 is 2.79 bits per heavy atom. The fraction of sp³-hybridized carbons (Fsp3) is 0.259. The molecule has 2 aromatic carbocycles. The van der Waals surface area contributed by atoms with Gasteiger partial charge in [-0.1, -0.05) is 13.0 Å². The molecule has 2 aromatic rings. The van der Waals surface area contributed by atoms with E-state index in [1.165, 1.54) is 12.1 Å². The Morgan fingerprint density at radius 2 is 2.05 bits per heavy atom. The molecular formula is C27H29FN8O3. The zero-order chi connectivity index (χ0) is 27.7. The second-order valence-electron chi connectivity index (χ2n) is 9.22. The van der Waals surface area contributed by atoms with Crippen LogP contribution in [0.25, 0.3) is 11.4 Å². The molecule has 3 aliphatic heterocycles. The molecule has 0 saturated heterocycles. The van der Waals surface area contributed by atoms with Crippen LogP contribution in [0, 0.1) is 5.82 Å². The number of anilines is 5. The van der Waals surface area contributed by atoms with Gasteiger partial charge >= 0.3 is 0 Å². The van der Waals surface area contributed by atoms with E-state index in [0.29, 0.717) is 47.7 Å². The van der Waals surface area contributed by atoms with Crippen LogP contribution >= 0.6 is 0 Å². The van der Waals surface area contributed by atoms with E-state index in [2.05, 4.69) is 25.6 Å². The van der Waals surface area contributed by atoms with Gasteiger partial charge in [0, 0.05) is 18.4 Å². The molecule has 0 saturated carbocycles. The van der Waals surface area contributed by atoms with E-state index < -0.39 is 11.7 Å². The Balaban J connectivity index is 1.50. The summed E-state index contributed by atoms with van der Waals surface area (Å²) in [5.41, 5.74) is 8.37. The highest BCUT2D eigenvalue weighted by Crippen LogP contribution is 2.39. The highest BCUT2D eigenvalue weighted by atomic mass is 19.1. The molecule has 5 N–H and O–H groups in total. The summed E-state index contributed by atoms with van der Waals surface area (Å²) in [5.74, 6) is 0.101. The number of carbonyl (C=O) groups excluding carboxylic acids is 2. The number of fused-ring (bicyclic) bond motifs is 2. The number of primary amides is 1. The third kappa shape index (κ3) is 5.06. The summed E-state index contributed by atoms with van der Waals surface area (Å²) in [5, 5.41) is 6.26. The van der Waals surface area contributed by atoms with Crippen molar-refractivity contribution in [2.24, 2.45) is 5.73 Å². The lowest BCUT2D eigenvalue weighted by molar-refractivity contribution is -0.119. The monoisotopic (exact) mass is 532 g/mol. The molecule has 5 rings (SSSR count). The maximum absolute atomic E-state index is 14.4. The SMILES string of the molecule is CCN(C)CC(=O)N1CCc2cc(OC)c(Nc3nc(Nc4cccc(F)c4C(N)=O)c4ccnc-4[nH]3)cc21. The van der Waals surface area contributed by atoms with Crippen LogP contribution < -0.4 is 26.0 Å². The predicted octanol–water partition coefficient (Wildman–Crippen LogP) is 3.48. The summed E-state index contributed by atoms with van der Waals surface area (Å²) >= 11 is 0. The van der Waals surface area contributed by atoms with Crippen molar-refractivity contribution < 1.29 is 18.7 Å². The van der Waals surface area contributed by atoms with Gasteiger partial charge in [-0.05, 0) is 55.9 Å². The number of amides is 2. The molecule has 0 fully saturated rings. The van der Waals surface area contributed by atoms with Crippen molar-refractivity contribution in [2.75, 3.05) is 49.3 Å². The number of ether oxygens (including phenoxy) is 1. The van der Waals surface area contributed by atoms with Crippen molar-refractivity contribution >= 4 is 40.6 Å². The third-order valence-corrected chi connectivity index (χ3v) is 6.72. The first kappa shape index (κ1) is 25.9. The van der Waals surface area contributed by atoms with Crippen LogP contribution in [-0.4, -0.2) is 65.5 Å². The number of likely N-dealkylation sites (N-methyl/N-ethyl adjacent to an activating group) is 1. The van der Waals surface area contributed by atoms with Gasteiger partial charge in [0.05, 0.1) is 36.2 Å². The van der Waals surface area contributed by atoms with E-state index in [0.717, 1.165) is 24.2 Å². The van der Waals surface area contributed by atoms with Crippen molar-refractivity contribution in [1.82, 2.24) is 19.9 Å². The van der Waals surface area contributed by atoms with Gasteiger partial charge in [-0.25, -0.2) is 9.37 Å². The van der Waals surface area contributed by atoms with Gasteiger partial charge in [0.2, 0.25) is 11.9 Å². The smallest absolute Gasteiger partial charge is 0.253 e. The minimum Gasteiger partial charge on any atom is -0.495 e. The maximum Gasteiger partial charge on any atom is 0.253 e. The number of nitrogens with one attached hydrogen (secondary N) is 3. The predicted molar refractivity (Wildman–Crippen MR) is 147 cm³/mol. The van der Waals surface area contributed by atoms with E-state index in [1.54, 1.807) is 30.3 Å². The number of halogens is 1. The summed E-state index contributed by atoms with van der Waals surface area (Å²) in [6.45, 7) is 3.69. The topological polar surface area (TPSA) is 142 Å². The zero-order valence-electron chi connectivity index (χ0n) is 21.8. The lowest BCUT2D eigenvalue weighted by Crippen LogP contribution is -2.38. The van der Waals surface area contributed by atoms with Crippen LogP contribution in [0.4, 0.5) is 33.2 Å². The van der Waals surface area contributed by atoms with Crippen LogP contribution in [0.2, 0.25) is 0 Å². The largest absolute Gasteiger partial charge is 0.495 e. The van der Waals surface area contributed by atoms with Crippen LogP contribution in [0.1, 0.15) is 22.8 Å². The van der Waals surface area contributed by atoms with E-state index in [-0.39, 0.29) is 17.2 Å². The summed E-state index contributed by atoms with van der Waals surface area (Å²) < 4.78 is 20.0. The lowest BCUT2D eigenvalue weighted by atomic mass is 10.1. The molecule has 11 nitrogen and oxygen atoms in total. The summed E-state index contributed by atoms with van der Waals surface area (Å²) in [6.07, 6.45) is 2.33.